The molecule has 1 aliphatic carbocycles. The van der Waals surface area contributed by atoms with Crippen LogP contribution in [0.3, 0.4) is 0 Å². The number of hydrogen-bond acceptors (Lipinski definition) is 4. The third kappa shape index (κ3) is 5.31. The number of hydrogen-bond donors (Lipinski definition) is 1. The largest absolute Gasteiger partial charge is 0.441 e. The average molecular weight is 534 g/mol. The second kappa shape index (κ2) is 10.1. The van der Waals surface area contributed by atoms with Gasteiger partial charge < -0.3 is 4.74 Å². The molecule has 1 amide bonds. The SMILES string of the molecule is CC(=O)C1(c2ccc(-c3ccc(-c4sc(F)cc4NC(=O)O[C@H](C)c4ccc(Cl)cc4)cc3)cc2)CC1. The van der Waals surface area contributed by atoms with Crippen LogP contribution >= 0.6 is 22.9 Å². The first-order chi connectivity index (χ1) is 17.7. The molecule has 1 atom stereocenters. The summed E-state index contributed by atoms with van der Waals surface area (Å²) in [5.41, 5.74) is 4.76. The van der Waals surface area contributed by atoms with E-state index >= 15 is 0 Å². The number of amides is 1. The van der Waals surface area contributed by atoms with Crippen molar-refractivity contribution in [2.75, 3.05) is 5.32 Å². The Bertz CT molecular complexity index is 1440. The fourth-order valence-corrected chi connectivity index (χ4v) is 5.51. The predicted molar refractivity (Wildman–Crippen MR) is 147 cm³/mol. The first kappa shape index (κ1) is 25.2. The van der Waals surface area contributed by atoms with E-state index < -0.39 is 17.3 Å². The Morgan fingerprint density at radius 2 is 1.51 bits per heavy atom. The van der Waals surface area contributed by atoms with Crippen molar-refractivity contribution in [1.29, 1.82) is 0 Å². The standard InChI is InChI=1S/C30H25ClFNO3S/c1-18(20-9-13-25(31)14-10-20)36-29(35)33-26-17-27(32)37-28(26)23-5-3-21(4-6-23)22-7-11-24(12-8-22)30(15-16-30)19(2)34/h3-14,17-18H,15-16H2,1-2H3,(H,33,35)/t18-/m1/s1. The highest BCUT2D eigenvalue weighted by molar-refractivity contribution is 7.14. The van der Waals surface area contributed by atoms with Gasteiger partial charge >= 0.3 is 6.09 Å². The first-order valence-electron chi connectivity index (χ1n) is 12.0. The maximum Gasteiger partial charge on any atom is 0.412 e. The molecule has 1 heterocycles. The van der Waals surface area contributed by atoms with Gasteiger partial charge in [-0.05, 0) is 66.6 Å². The van der Waals surface area contributed by atoms with Crippen molar-refractivity contribution >= 4 is 40.5 Å². The van der Waals surface area contributed by atoms with E-state index in [1.165, 1.54) is 6.07 Å². The number of Topliss-reactive ketones (excluding diaryl/α,β-unsaturated/α-hetero) is 1. The summed E-state index contributed by atoms with van der Waals surface area (Å²) in [7, 11) is 0. The van der Waals surface area contributed by atoms with Gasteiger partial charge in [0.15, 0.2) is 5.13 Å². The normalized spacial score (nSPS) is 14.6. The Morgan fingerprint density at radius 3 is 2.08 bits per heavy atom. The number of rotatable bonds is 7. The van der Waals surface area contributed by atoms with Gasteiger partial charge in [-0.2, -0.15) is 4.39 Å². The van der Waals surface area contributed by atoms with Crippen molar-refractivity contribution in [1.82, 2.24) is 0 Å². The van der Waals surface area contributed by atoms with E-state index in [9.17, 15) is 14.0 Å². The van der Waals surface area contributed by atoms with Gasteiger partial charge in [-0.15, -0.1) is 11.3 Å². The van der Waals surface area contributed by atoms with Crippen LogP contribution in [0, 0.1) is 5.13 Å². The van der Waals surface area contributed by atoms with Gasteiger partial charge in [-0.25, -0.2) is 4.79 Å². The third-order valence-electron chi connectivity index (χ3n) is 6.90. The van der Waals surface area contributed by atoms with Crippen LogP contribution in [0.4, 0.5) is 14.9 Å². The fourth-order valence-electron chi connectivity index (χ4n) is 4.53. The maximum absolute atomic E-state index is 14.2. The Balaban J connectivity index is 1.29. The number of thiophene rings is 1. The Hall–Kier alpha value is -3.48. The number of anilines is 1. The van der Waals surface area contributed by atoms with E-state index in [0.717, 1.165) is 52.0 Å². The quantitative estimate of drug-likeness (QED) is 0.258. The van der Waals surface area contributed by atoms with E-state index in [-0.39, 0.29) is 11.2 Å². The molecule has 0 saturated heterocycles. The topological polar surface area (TPSA) is 55.4 Å². The number of ether oxygens (including phenoxy) is 1. The molecular weight excluding hydrogens is 509 g/mol. The van der Waals surface area contributed by atoms with E-state index in [1.54, 1.807) is 38.1 Å². The van der Waals surface area contributed by atoms with E-state index in [2.05, 4.69) is 5.32 Å². The van der Waals surface area contributed by atoms with Crippen LogP contribution in [0.2, 0.25) is 5.02 Å². The highest BCUT2D eigenvalue weighted by Gasteiger charge is 2.48. The summed E-state index contributed by atoms with van der Waals surface area (Å²) in [5.74, 6) is 0.223. The minimum atomic E-state index is -0.669. The maximum atomic E-state index is 14.2. The molecular formula is C30H25ClFNO3S. The van der Waals surface area contributed by atoms with Crippen LogP contribution in [-0.2, 0) is 14.9 Å². The lowest BCUT2D eigenvalue weighted by atomic mass is 9.90. The molecule has 1 fully saturated rings. The molecule has 0 spiro atoms. The third-order valence-corrected chi connectivity index (χ3v) is 8.13. The zero-order chi connectivity index (χ0) is 26.2. The van der Waals surface area contributed by atoms with Crippen molar-refractivity contribution in [2.45, 2.75) is 38.2 Å². The molecule has 0 unspecified atom stereocenters. The van der Waals surface area contributed by atoms with E-state index in [0.29, 0.717) is 15.6 Å². The second-order valence-electron chi connectivity index (χ2n) is 9.31. The summed E-state index contributed by atoms with van der Waals surface area (Å²) in [5, 5.41) is 2.87. The van der Waals surface area contributed by atoms with Crippen molar-refractivity contribution in [3.05, 3.63) is 100 Å². The molecule has 1 aliphatic rings. The first-order valence-corrected chi connectivity index (χ1v) is 13.2. The molecule has 4 aromatic rings. The van der Waals surface area contributed by atoms with E-state index in [1.807, 2.05) is 48.5 Å². The number of carbonyl (C=O) groups excluding carboxylic acids is 2. The molecule has 1 aromatic heterocycles. The molecule has 1 N–H and O–H groups in total. The minimum absolute atomic E-state index is 0.223. The highest BCUT2D eigenvalue weighted by atomic mass is 35.5. The van der Waals surface area contributed by atoms with E-state index in [4.69, 9.17) is 16.3 Å². The lowest BCUT2D eigenvalue weighted by molar-refractivity contribution is -0.119. The van der Waals surface area contributed by atoms with Crippen molar-refractivity contribution in [3.8, 4) is 21.6 Å². The lowest BCUT2D eigenvalue weighted by Crippen LogP contribution is -2.16. The molecule has 4 nitrogen and oxygen atoms in total. The van der Waals surface area contributed by atoms with Crippen molar-refractivity contribution in [3.63, 3.8) is 0 Å². The molecule has 1 saturated carbocycles. The van der Waals surface area contributed by atoms with Gasteiger partial charge in [0, 0.05) is 11.1 Å². The van der Waals surface area contributed by atoms with Crippen molar-refractivity contribution < 1.29 is 18.7 Å². The molecule has 3 aromatic carbocycles. The summed E-state index contributed by atoms with van der Waals surface area (Å²) in [6.07, 6.45) is 0.660. The number of nitrogens with one attached hydrogen (secondary N) is 1. The zero-order valence-corrected chi connectivity index (χ0v) is 22.0. The summed E-state index contributed by atoms with van der Waals surface area (Å²) in [6, 6.07) is 24.2. The van der Waals surface area contributed by atoms with Gasteiger partial charge in [0.25, 0.3) is 0 Å². The smallest absolute Gasteiger partial charge is 0.412 e. The highest BCUT2D eigenvalue weighted by Crippen LogP contribution is 2.49. The number of carbonyl (C=O) groups is 2. The second-order valence-corrected chi connectivity index (χ2v) is 10.7. The minimum Gasteiger partial charge on any atom is -0.441 e. The monoisotopic (exact) mass is 533 g/mol. The van der Waals surface area contributed by atoms with Crippen LogP contribution in [0.1, 0.15) is 43.9 Å². The predicted octanol–water partition coefficient (Wildman–Crippen LogP) is 8.80. The Morgan fingerprint density at radius 1 is 0.946 bits per heavy atom. The molecule has 188 valence electrons. The summed E-state index contributed by atoms with van der Waals surface area (Å²) in [6.45, 7) is 3.42. The van der Waals surface area contributed by atoms with Crippen molar-refractivity contribution in [2.24, 2.45) is 0 Å². The van der Waals surface area contributed by atoms with Gasteiger partial charge in [0.2, 0.25) is 0 Å². The molecule has 7 heteroatoms. The van der Waals surface area contributed by atoms with Gasteiger partial charge in [0.1, 0.15) is 11.9 Å². The summed E-state index contributed by atoms with van der Waals surface area (Å²) >= 11 is 6.88. The number of halogens is 2. The lowest BCUT2D eigenvalue weighted by Gasteiger charge is -2.15. The molecule has 37 heavy (non-hydrogen) atoms. The van der Waals surface area contributed by atoms with Crippen LogP contribution in [0.15, 0.2) is 78.9 Å². The molecule has 5 rings (SSSR count). The summed E-state index contributed by atoms with van der Waals surface area (Å²) < 4.78 is 19.7. The van der Waals surface area contributed by atoms with Gasteiger partial charge in [0.05, 0.1) is 16.0 Å². The van der Waals surface area contributed by atoms with Crippen LogP contribution < -0.4 is 5.32 Å². The zero-order valence-electron chi connectivity index (χ0n) is 20.4. The Kier molecular flexibility index (Phi) is 6.88. The van der Waals surface area contributed by atoms with Crippen LogP contribution in [0.5, 0.6) is 0 Å². The fraction of sp³-hybridized carbons (Fsp3) is 0.200. The van der Waals surface area contributed by atoms with Crippen LogP contribution in [-0.4, -0.2) is 11.9 Å². The molecule has 0 radical (unpaired) electrons. The summed E-state index contributed by atoms with van der Waals surface area (Å²) in [4.78, 5) is 25.2. The number of ketones is 1. The van der Waals surface area contributed by atoms with Gasteiger partial charge in [-0.3, -0.25) is 10.1 Å². The van der Waals surface area contributed by atoms with Gasteiger partial charge in [-0.1, -0.05) is 72.3 Å². The molecule has 0 aliphatic heterocycles. The molecule has 0 bridgehead atoms. The van der Waals surface area contributed by atoms with Crippen LogP contribution in [0.25, 0.3) is 21.6 Å². The average Bonchev–Trinajstić information content (AvgIpc) is 3.63. The Labute approximate surface area is 224 Å². The number of benzene rings is 3.